The van der Waals surface area contributed by atoms with Gasteiger partial charge >= 0.3 is 6.18 Å². The van der Waals surface area contributed by atoms with E-state index in [1.807, 2.05) is 0 Å². The Morgan fingerprint density at radius 3 is 2.62 bits per heavy atom. The smallest absolute Gasteiger partial charge is 0.416 e. The molecule has 0 bridgehead atoms. The molecule has 1 amide bonds. The number of halogens is 3. The van der Waals surface area contributed by atoms with Gasteiger partial charge in [0.1, 0.15) is 11.5 Å². The van der Waals surface area contributed by atoms with Crippen LogP contribution < -0.4 is 5.32 Å². The highest BCUT2D eigenvalue weighted by atomic mass is 19.4. The van der Waals surface area contributed by atoms with Gasteiger partial charge in [0.05, 0.1) is 11.6 Å². The standard InChI is InChI=1S/C18H16F3N3O2/c1-10-7-8-16(26-10)14-9-15(24-23-14)17(25)22-11(2)12-5-3-4-6-13(12)18(19,20)21/h3-9,11H,1-2H3,(H,22,25)(H,23,24)/t11-/m0/s1. The number of nitrogens with zero attached hydrogens (tertiary/aromatic N) is 1. The zero-order valence-electron chi connectivity index (χ0n) is 14.0. The van der Waals surface area contributed by atoms with E-state index in [9.17, 15) is 18.0 Å². The van der Waals surface area contributed by atoms with Crippen LogP contribution in [0.5, 0.6) is 0 Å². The van der Waals surface area contributed by atoms with Gasteiger partial charge in [0, 0.05) is 6.07 Å². The molecular formula is C18H16F3N3O2. The van der Waals surface area contributed by atoms with Crippen molar-refractivity contribution in [2.24, 2.45) is 0 Å². The van der Waals surface area contributed by atoms with Gasteiger partial charge in [0.15, 0.2) is 11.5 Å². The van der Waals surface area contributed by atoms with E-state index >= 15 is 0 Å². The molecule has 0 aliphatic carbocycles. The zero-order chi connectivity index (χ0) is 18.9. The molecule has 3 aromatic rings. The summed E-state index contributed by atoms with van der Waals surface area (Å²) in [4.78, 5) is 12.3. The number of amides is 1. The molecule has 0 radical (unpaired) electrons. The van der Waals surface area contributed by atoms with Crippen molar-refractivity contribution in [1.82, 2.24) is 15.5 Å². The number of furan rings is 1. The number of aromatic amines is 1. The van der Waals surface area contributed by atoms with E-state index in [4.69, 9.17) is 4.42 Å². The summed E-state index contributed by atoms with van der Waals surface area (Å²) in [7, 11) is 0. The molecule has 0 saturated carbocycles. The van der Waals surface area contributed by atoms with Gasteiger partial charge in [-0.2, -0.15) is 18.3 Å². The fourth-order valence-electron chi connectivity index (χ4n) is 2.62. The third-order valence-corrected chi connectivity index (χ3v) is 3.90. The van der Waals surface area contributed by atoms with Crippen molar-refractivity contribution in [3.63, 3.8) is 0 Å². The van der Waals surface area contributed by atoms with E-state index in [2.05, 4.69) is 15.5 Å². The van der Waals surface area contributed by atoms with Crippen molar-refractivity contribution in [1.29, 1.82) is 0 Å². The average molecular weight is 363 g/mol. The molecule has 8 heteroatoms. The minimum absolute atomic E-state index is 0.00855. The Bertz CT molecular complexity index is 928. The molecule has 5 nitrogen and oxygen atoms in total. The number of aromatic nitrogens is 2. The van der Waals surface area contributed by atoms with Crippen molar-refractivity contribution in [3.8, 4) is 11.5 Å². The zero-order valence-corrected chi connectivity index (χ0v) is 14.0. The number of rotatable bonds is 4. The molecule has 0 saturated heterocycles. The van der Waals surface area contributed by atoms with Gasteiger partial charge in [0.25, 0.3) is 5.91 Å². The number of carbonyl (C=O) groups is 1. The van der Waals surface area contributed by atoms with Gasteiger partial charge < -0.3 is 9.73 Å². The van der Waals surface area contributed by atoms with Crippen LogP contribution in [0.25, 0.3) is 11.5 Å². The number of hydrogen-bond acceptors (Lipinski definition) is 3. The summed E-state index contributed by atoms with van der Waals surface area (Å²) in [5, 5.41) is 9.12. The second-order valence-electron chi connectivity index (χ2n) is 5.86. The summed E-state index contributed by atoms with van der Waals surface area (Å²) in [5.74, 6) is 0.641. The van der Waals surface area contributed by atoms with Crippen LogP contribution in [0, 0.1) is 6.92 Å². The lowest BCUT2D eigenvalue weighted by atomic mass is 10.0. The fraction of sp³-hybridized carbons (Fsp3) is 0.222. The van der Waals surface area contributed by atoms with Gasteiger partial charge in [-0.1, -0.05) is 18.2 Å². The Kier molecular flexibility index (Phi) is 4.58. The predicted molar refractivity (Wildman–Crippen MR) is 88.4 cm³/mol. The third kappa shape index (κ3) is 3.63. The van der Waals surface area contributed by atoms with Gasteiger partial charge in [-0.15, -0.1) is 0 Å². The van der Waals surface area contributed by atoms with Crippen molar-refractivity contribution in [3.05, 3.63) is 65.0 Å². The van der Waals surface area contributed by atoms with Crippen molar-refractivity contribution in [2.75, 3.05) is 0 Å². The number of aryl methyl sites for hydroxylation is 1. The molecule has 0 unspecified atom stereocenters. The molecular weight excluding hydrogens is 347 g/mol. The van der Waals surface area contributed by atoms with Gasteiger partial charge in [0.2, 0.25) is 0 Å². The number of hydrogen-bond donors (Lipinski definition) is 2. The Morgan fingerprint density at radius 1 is 1.23 bits per heavy atom. The maximum Gasteiger partial charge on any atom is 0.416 e. The second-order valence-corrected chi connectivity index (χ2v) is 5.86. The van der Waals surface area contributed by atoms with E-state index in [-0.39, 0.29) is 11.3 Å². The van der Waals surface area contributed by atoms with Crippen LogP contribution in [0.15, 0.2) is 46.9 Å². The van der Waals surface area contributed by atoms with Crippen LogP contribution in [-0.4, -0.2) is 16.1 Å². The Hall–Kier alpha value is -3.03. The van der Waals surface area contributed by atoms with Crippen LogP contribution in [-0.2, 0) is 6.18 Å². The minimum Gasteiger partial charge on any atom is -0.460 e. The summed E-state index contributed by atoms with van der Waals surface area (Å²) < 4.78 is 44.8. The molecule has 0 spiro atoms. The summed E-state index contributed by atoms with van der Waals surface area (Å²) in [6, 6.07) is 9.28. The van der Waals surface area contributed by atoms with Crippen LogP contribution in [0.1, 0.15) is 40.3 Å². The summed E-state index contributed by atoms with van der Waals surface area (Å²) in [5.41, 5.74) is -0.218. The van der Waals surface area contributed by atoms with Gasteiger partial charge in [-0.25, -0.2) is 0 Å². The first-order valence-electron chi connectivity index (χ1n) is 7.85. The summed E-state index contributed by atoms with van der Waals surface area (Å²) in [6.07, 6.45) is -4.49. The minimum atomic E-state index is -4.49. The molecule has 0 aliphatic rings. The first-order chi connectivity index (χ1) is 12.3. The van der Waals surface area contributed by atoms with Crippen molar-refractivity contribution >= 4 is 5.91 Å². The highest BCUT2D eigenvalue weighted by Gasteiger charge is 2.34. The molecule has 1 aromatic carbocycles. The maximum absolute atomic E-state index is 13.1. The summed E-state index contributed by atoms with van der Waals surface area (Å²) in [6.45, 7) is 3.28. The van der Waals surface area contributed by atoms with Crippen LogP contribution in [0.3, 0.4) is 0 Å². The molecule has 0 fully saturated rings. The molecule has 26 heavy (non-hydrogen) atoms. The average Bonchev–Trinajstić information content (AvgIpc) is 3.22. The van der Waals surface area contributed by atoms with Crippen molar-refractivity contribution in [2.45, 2.75) is 26.1 Å². The highest BCUT2D eigenvalue weighted by Crippen LogP contribution is 2.34. The summed E-state index contributed by atoms with van der Waals surface area (Å²) >= 11 is 0. The van der Waals surface area contributed by atoms with E-state index in [0.717, 1.165) is 6.07 Å². The number of nitrogens with one attached hydrogen (secondary N) is 2. The molecule has 0 aliphatic heterocycles. The number of alkyl halides is 3. The van der Waals surface area contributed by atoms with E-state index in [1.54, 1.807) is 19.1 Å². The molecule has 1 atom stereocenters. The lowest BCUT2D eigenvalue weighted by Gasteiger charge is -2.19. The molecule has 3 rings (SSSR count). The Labute approximate surface area is 147 Å². The quantitative estimate of drug-likeness (QED) is 0.718. The van der Waals surface area contributed by atoms with Gasteiger partial charge in [-0.3, -0.25) is 9.89 Å². The maximum atomic E-state index is 13.1. The number of benzene rings is 1. The Balaban J connectivity index is 1.78. The molecule has 2 heterocycles. The largest absolute Gasteiger partial charge is 0.460 e. The number of carbonyl (C=O) groups excluding carboxylic acids is 1. The SMILES string of the molecule is Cc1ccc(-c2cc(C(=O)N[C@@H](C)c3ccccc3C(F)(F)F)n[nH]2)o1. The van der Waals surface area contributed by atoms with E-state index < -0.39 is 23.7 Å². The third-order valence-electron chi connectivity index (χ3n) is 3.90. The first-order valence-corrected chi connectivity index (χ1v) is 7.85. The van der Waals surface area contributed by atoms with Crippen LogP contribution >= 0.6 is 0 Å². The van der Waals surface area contributed by atoms with Crippen molar-refractivity contribution < 1.29 is 22.4 Å². The number of H-pyrrole nitrogens is 1. The van der Waals surface area contributed by atoms with Crippen LogP contribution in [0.4, 0.5) is 13.2 Å². The van der Waals surface area contributed by atoms with E-state index in [0.29, 0.717) is 17.2 Å². The molecule has 2 aromatic heterocycles. The second kappa shape index (κ2) is 6.70. The monoisotopic (exact) mass is 363 g/mol. The molecule has 136 valence electrons. The van der Waals surface area contributed by atoms with Gasteiger partial charge in [-0.05, 0) is 37.6 Å². The predicted octanol–water partition coefficient (Wildman–Crippen LogP) is 4.49. The normalized spacial score (nSPS) is 12.8. The fourth-order valence-corrected chi connectivity index (χ4v) is 2.62. The highest BCUT2D eigenvalue weighted by molar-refractivity contribution is 5.93. The topological polar surface area (TPSA) is 70.9 Å². The lowest BCUT2D eigenvalue weighted by molar-refractivity contribution is -0.138. The first kappa shape index (κ1) is 17.8. The van der Waals surface area contributed by atoms with Crippen LogP contribution in [0.2, 0.25) is 0 Å². The molecule has 2 N–H and O–H groups in total. The lowest BCUT2D eigenvalue weighted by Crippen LogP contribution is -2.28. The Morgan fingerprint density at radius 2 is 1.96 bits per heavy atom. The van der Waals surface area contributed by atoms with E-state index in [1.165, 1.54) is 31.2 Å².